The van der Waals surface area contributed by atoms with Crippen molar-refractivity contribution in [1.82, 2.24) is 4.90 Å². The fourth-order valence-electron chi connectivity index (χ4n) is 2.00. The van der Waals surface area contributed by atoms with E-state index in [4.69, 9.17) is 26.8 Å². The van der Waals surface area contributed by atoms with Gasteiger partial charge in [0.25, 0.3) is 0 Å². The predicted molar refractivity (Wildman–Crippen MR) is 72.1 cm³/mol. The van der Waals surface area contributed by atoms with Crippen LogP contribution in [0.1, 0.15) is 0 Å². The van der Waals surface area contributed by atoms with Gasteiger partial charge in [-0.25, -0.2) is 4.39 Å². The van der Waals surface area contributed by atoms with E-state index in [-0.39, 0.29) is 11.9 Å². The molecule has 2 N–H and O–H groups in total. The van der Waals surface area contributed by atoms with Gasteiger partial charge in [-0.2, -0.15) is 0 Å². The average Bonchev–Trinajstić information content (AvgIpc) is 2.41. The summed E-state index contributed by atoms with van der Waals surface area (Å²) in [6, 6.07) is 4.12. The van der Waals surface area contributed by atoms with Crippen LogP contribution in [0.15, 0.2) is 18.2 Å². The Bertz CT molecular complexity index is 420. The zero-order valence-corrected chi connectivity index (χ0v) is 11.4. The molecule has 19 heavy (non-hydrogen) atoms. The Hall–Kier alpha value is -0.880. The third-order valence-electron chi connectivity index (χ3n) is 3.04. The molecule has 1 fully saturated rings. The molecule has 1 saturated heterocycles. The molecule has 0 aromatic heterocycles. The molecule has 1 aliphatic rings. The smallest absolute Gasteiger partial charge is 0.138 e. The maximum atomic E-state index is 12.9. The summed E-state index contributed by atoms with van der Waals surface area (Å²) in [5.41, 5.74) is 5.58. The molecular weight excluding hydrogens is 271 g/mol. The van der Waals surface area contributed by atoms with Gasteiger partial charge >= 0.3 is 0 Å². The zero-order valence-electron chi connectivity index (χ0n) is 10.6. The molecule has 1 aromatic rings. The summed E-state index contributed by atoms with van der Waals surface area (Å²) in [4.78, 5) is 2.23. The molecule has 1 aliphatic heterocycles. The minimum absolute atomic E-state index is 0.100. The van der Waals surface area contributed by atoms with Crippen molar-refractivity contribution in [1.29, 1.82) is 0 Å². The van der Waals surface area contributed by atoms with Crippen molar-refractivity contribution in [3.05, 3.63) is 29.0 Å². The van der Waals surface area contributed by atoms with Gasteiger partial charge in [0, 0.05) is 26.2 Å². The van der Waals surface area contributed by atoms with E-state index in [1.165, 1.54) is 12.1 Å². The Labute approximate surface area is 117 Å². The molecule has 0 bridgehead atoms. The molecule has 1 aromatic carbocycles. The Morgan fingerprint density at radius 1 is 1.53 bits per heavy atom. The fraction of sp³-hybridized carbons (Fsp3) is 0.538. The maximum Gasteiger partial charge on any atom is 0.138 e. The SMILES string of the molecule is NCC1CN(CCOc2ccc(F)cc2Cl)CCO1. The van der Waals surface area contributed by atoms with E-state index in [1.807, 2.05) is 0 Å². The average molecular weight is 289 g/mol. The van der Waals surface area contributed by atoms with Crippen molar-refractivity contribution in [2.75, 3.05) is 39.4 Å². The highest BCUT2D eigenvalue weighted by molar-refractivity contribution is 6.32. The van der Waals surface area contributed by atoms with Crippen LogP contribution in [0.25, 0.3) is 0 Å². The Kier molecular flexibility index (Phi) is 5.39. The quantitative estimate of drug-likeness (QED) is 0.892. The molecule has 0 aliphatic carbocycles. The molecule has 0 saturated carbocycles. The van der Waals surface area contributed by atoms with Gasteiger partial charge in [-0.05, 0) is 18.2 Å². The van der Waals surface area contributed by atoms with Crippen LogP contribution < -0.4 is 10.5 Å². The van der Waals surface area contributed by atoms with Gasteiger partial charge in [-0.1, -0.05) is 11.6 Å². The second kappa shape index (κ2) is 7.05. The van der Waals surface area contributed by atoms with Crippen molar-refractivity contribution in [2.45, 2.75) is 6.10 Å². The standard InChI is InChI=1S/C13H18ClFN2O2/c14-12-7-10(15)1-2-13(12)19-6-4-17-3-5-18-11(8-16)9-17/h1-2,7,11H,3-6,8-9,16H2. The number of benzene rings is 1. The molecule has 1 unspecified atom stereocenters. The number of nitrogens with two attached hydrogens (primary N) is 1. The van der Waals surface area contributed by atoms with Crippen molar-refractivity contribution < 1.29 is 13.9 Å². The molecule has 1 atom stereocenters. The van der Waals surface area contributed by atoms with Crippen molar-refractivity contribution >= 4 is 11.6 Å². The summed E-state index contributed by atoms with van der Waals surface area (Å²) in [5, 5.41) is 0.293. The largest absolute Gasteiger partial charge is 0.491 e. The number of halogens is 2. The number of morpholine rings is 1. The zero-order chi connectivity index (χ0) is 13.7. The summed E-state index contributed by atoms with van der Waals surface area (Å²) in [6.07, 6.45) is 0.100. The first kappa shape index (κ1) is 14.5. The lowest BCUT2D eigenvalue weighted by atomic mass is 10.3. The number of nitrogens with zero attached hydrogens (tertiary/aromatic N) is 1. The van der Waals surface area contributed by atoms with Crippen LogP contribution in [-0.4, -0.2) is 50.4 Å². The first-order chi connectivity index (χ1) is 9.19. The van der Waals surface area contributed by atoms with Gasteiger partial charge in [0.1, 0.15) is 18.2 Å². The fourth-order valence-corrected chi connectivity index (χ4v) is 2.22. The predicted octanol–water partition coefficient (Wildman–Crippen LogP) is 1.52. The number of hydrogen-bond donors (Lipinski definition) is 1. The highest BCUT2D eigenvalue weighted by Crippen LogP contribution is 2.24. The first-order valence-corrected chi connectivity index (χ1v) is 6.68. The molecule has 2 rings (SSSR count). The molecule has 4 nitrogen and oxygen atoms in total. The van der Waals surface area contributed by atoms with Crippen LogP contribution in [0.3, 0.4) is 0 Å². The second-order valence-electron chi connectivity index (χ2n) is 4.45. The van der Waals surface area contributed by atoms with Gasteiger partial charge < -0.3 is 15.2 Å². The minimum Gasteiger partial charge on any atom is -0.491 e. The van der Waals surface area contributed by atoms with E-state index in [1.54, 1.807) is 6.07 Å². The number of rotatable bonds is 5. The molecular formula is C13H18ClFN2O2. The molecule has 0 spiro atoms. The van der Waals surface area contributed by atoms with E-state index in [0.29, 0.717) is 30.5 Å². The lowest BCUT2D eigenvalue weighted by Crippen LogP contribution is -2.46. The lowest BCUT2D eigenvalue weighted by Gasteiger charge is -2.32. The van der Waals surface area contributed by atoms with Gasteiger partial charge in [0.15, 0.2) is 0 Å². The van der Waals surface area contributed by atoms with Gasteiger partial charge in [-0.15, -0.1) is 0 Å². The van der Waals surface area contributed by atoms with Crippen molar-refractivity contribution in [3.63, 3.8) is 0 Å². The van der Waals surface area contributed by atoms with Crippen LogP contribution in [-0.2, 0) is 4.74 Å². The first-order valence-electron chi connectivity index (χ1n) is 6.31. The van der Waals surface area contributed by atoms with Gasteiger partial charge in [0.05, 0.1) is 17.7 Å². The third kappa shape index (κ3) is 4.31. The summed E-state index contributed by atoms with van der Waals surface area (Å²) >= 11 is 5.88. The van der Waals surface area contributed by atoms with Crippen molar-refractivity contribution in [2.24, 2.45) is 5.73 Å². The molecule has 106 valence electrons. The van der Waals surface area contributed by atoms with E-state index >= 15 is 0 Å². The molecule has 1 heterocycles. The topological polar surface area (TPSA) is 47.7 Å². The highest BCUT2D eigenvalue weighted by Gasteiger charge is 2.18. The molecule has 6 heteroatoms. The number of ether oxygens (including phenoxy) is 2. The van der Waals surface area contributed by atoms with Crippen LogP contribution in [0.2, 0.25) is 5.02 Å². The van der Waals surface area contributed by atoms with Gasteiger partial charge in [-0.3, -0.25) is 4.90 Å². The Morgan fingerprint density at radius 2 is 2.37 bits per heavy atom. The monoisotopic (exact) mass is 288 g/mol. The summed E-state index contributed by atoms with van der Waals surface area (Å²) in [6.45, 7) is 4.19. The third-order valence-corrected chi connectivity index (χ3v) is 3.34. The second-order valence-corrected chi connectivity index (χ2v) is 4.86. The van der Waals surface area contributed by atoms with E-state index in [2.05, 4.69) is 4.90 Å². The Balaban J connectivity index is 1.76. The summed E-state index contributed by atoms with van der Waals surface area (Å²) in [5.74, 6) is 0.142. The number of hydrogen-bond acceptors (Lipinski definition) is 4. The van der Waals surface area contributed by atoms with E-state index in [0.717, 1.165) is 19.6 Å². The van der Waals surface area contributed by atoms with Crippen LogP contribution in [0, 0.1) is 5.82 Å². The van der Waals surface area contributed by atoms with Crippen molar-refractivity contribution in [3.8, 4) is 5.75 Å². The van der Waals surface area contributed by atoms with Crippen LogP contribution >= 0.6 is 11.6 Å². The molecule has 0 amide bonds. The maximum absolute atomic E-state index is 12.9. The summed E-state index contributed by atoms with van der Waals surface area (Å²) in [7, 11) is 0. The Morgan fingerprint density at radius 3 is 3.11 bits per heavy atom. The summed E-state index contributed by atoms with van der Waals surface area (Å²) < 4.78 is 23.9. The lowest BCUT2D eigenvalue weighted by molar-refractivity contribution is -0.0261. The molecule has 0 radical (unpaired) electrons. The highest BCUT2D eigenvalue weighted by atomic mass is 35.5. The van der Waals surface area contributed by atoms with Crippen LogP contribution in [0.5, 0.6) is 5.75 Å². The minimum atomic E-state index is -0.365. The van der Waals surface area contributed by atoms with Crippen LogP contribution in [0.4, 0.5) is 4.39 Å². The van der Waals surface area contributed by atoms with Gasteiger partial charge in [0.2, 0.25) is 0 Å². The van der Waals surface area contributed by atoms with E-state index in [9.17, 15) is 4.39 Å². The van der Waals surface area contributed by atoms with E-state index < -0.39 is 0 Å². The normalized spacial score (nSPS) is 20.5.